The Hall–Kier alpha value is -1.76. The molecule has 1 N–H and O–H groups in total. The van der Waals surface area contributed by atoms with Crippen LogP contribution in [0.5, 0.6) is 5.75 Å². The zero-order valence-corrected chi connectivity index (χ0v) is 14.9. The predicted molar refractivity (Wildman–Crippen MR) is 88.6 cm³/mol. The number of halogens is 1. The number of ether oxygens (including phenoxy) is 2. The van der Waals surface area contributed by atoms with Crippen LogP contribution in [0.1, 0.15) is 27.2 Å². The molecule has 6 nitrogen and oxygen atoms in total. The van der Waals surface area contributed by atoms with Gasteiger partial charge in [-0.3, -0.25) is 4.79 Å². The Balaban J connectivity index is 1.79. The van der Waals surface area contributed by atoms with Gasteiger partial charge in [-0.1, -0.05) is 15.9 Å². The lowest BCUT2D eigenvalue weighted by Crippen LogP contribution is -2.53. The second-order valence-electron chi connectivity index (χ2n) is 6.84. The third-order valence-electron chi connectivity index (χ3n) is 3.79. The van der Waals surface area contributed by atoms with E-state index in [0.717, 1.165) is 4.47 Å². The number of fused-ring (bicyclic) bond motifs is 1. The maximum atomic E-state index is 12.5. The molecule has 1 spiro atoms. The second-order valence-corrected chi connectivity index (χ2v) is 7.76. The van der Waals surface area contributed by atoms with Crippen molar-refractivity contribution in [3.63, 3.8) is 0 Å². The number of amides is 2. The van der Waals surface area contributed by atoms with Crippen molar-refractivity contribution in [2.24, 2.45) is 0 Å². The topological polar surface area (TPSA) is 67.9 Å². The second kappa shape index (κ2) is 5.40. The summed E-state index contributed by atoms with van der Waals surface area (Å²) in [6, 6.07) is 5.43. The van der Waals surface area contributed by atoms with Gasteiger partial charge in [0.05, 0.1) is 12.2 Å². The van der Waals surface area contributed by atoms with E-state index in [4.69, 9.17) is 9.47 Å². The third kappa shape index (κ3) is 3.15. The van der Waals surface area contributed by atoms with Gasteiger partial charge in [0.25, 0.3) is 5.91 Å². The van der Waals surface area contributed by atoms with Crippen LogP contribution in [-0.4, -0.2) is 41.2 Å². The summed E-state index contributed by atoms with van der Waals surface area (Å²) in [5.74, 6) is 0.378. The molecular formula is C16H19BrN2O4. The van der Waals surface area contributed by atoms with Gasteiger partial charge in [-0.2, -0.15) is 0 Å². The standard InChI is InChI=1S/C16H19BrN2O4/c1-15(2,3)23-14(21)19-7-6-16(9-19)13(20)18-11-5-4-10(17)8-12(11)22-16/h4-5,8H,6-7,9H2,1-3H3,(H,18,20). The summed E-state index contributed by atoms with van der Waals surface area (Å²) in [7, 11) is 0. The summed E-state index contributed by atoms with van der Waals surface area (Å²) in [6.45, 7) is 6.04. The summed E-state index contributed by atoms with van der Waals surface area (Å²) in [5, 5.41) is 2.86. The number of rotatable bonds is 0. The van der Waals surface area contributed by atoms with E-state index in [9.17, 15) is 9.59 Å². The Morgan fingerprint density at radius 1 is 1.43 bits per heavy atom. The van der Waals surface area contributed by atoms with Gasteiger partial charge in [0.15, 0.2) is 0 Å². The molecule has 3 rings (SSSR count). The van der Waals surface area contributed by atoms with E-state index in [1.165, 1.54) is 4.90 Å². The fourth-order valence-corrected chi connectivity index (χ4v) is 3.05. The van der Waals surface area contributed by atoms with Crippen molar-refractivity contribution in [3.05, 3.63) is 22.7 Å². The molecular weight excluding hydrogens is 364 g/mol. The van der Waals surface area contributed by atoms with Crippen LogP contribution in [0.2, 0.25) is 0 Å². The smallest absolute Gasteiger partial charge is 0.410 e. The monoisotopic (exact) mass is 382 g/mol. The maximum Gasteiger partial charge on any atom is 0.410 e. The van der Waals surface area contributed by atoms with Crippen LogP contribution in [-0.2, 0) is 9.53 Å². The van der Waals surface area contributed by atoms with Crippen LogP contribution in [0.4, 0.5) is 10.5 Å². The molecule has 2 aliphatic rings. The molecule has 1 aromatic carbocycles. The summed E-state index contributed by atoms with van der Waals surface area (Å²) in [6.07, 6.45) is 0.00938. The number of likely N-dealkylation sites (tertiary alicyclic amines) is 1. The average molecular weight is 383 g/mol. The highest BCUT2D eigenvalue weighted by molar-refractivity contribution is 9.10. The van der Waals surface area contributed by atoms with Crippen molar-refractivity contribution in [3.8, 4) is 5.75 Å². The van der Waals surface area contributed by atoms with Crippen LogP contribution >= 0.6 is 15.9 Å². The lowest BCUT2D eigenvalue weighted by molar-refractivity contribution is -0.131. The first-order chi connectivity index (χ1) is 10.7. The highest BCUT2D eigenvalue weighted by atomic mass is 79.9. The molecule has 23 heavy (non-hydrogen) atoms. The Morgan fingerprint density at radius 2 is 2.17 bits per heavy atom. The normalized spacial score (nSPS) is 23.3. The molecule has 1 unspecified atom stereocenters. The van der Waals surface area contributed by atoms with Crippen molar-refractivity contribution in [2.75, 3.05) is 18.4 Å². The first-order valence-corrected chi connectivity index (χ1v) is 8.26. The van der Waals surface area contributed by atoms with E-state index >= 15 is 0 Å². The molecule has 7 heteroatoms. The van der Waals surface area contributed by atoms with E-state index < -0.39 is 17.3 Å². The first-order valence-electron chi connectivity index (χ1n) is 7.46. The number of anilines is 1. The zero-order valence-electron chi connectivity index (χ0n) is 13.3. The number of hydrogen-bond acceptors (Lipinski definition) is 4. The van der Waals surface area contributed by atoms with Gasteiger partial charge in [0, 0.05) is 17.4 Å². The largest absolute Gasteiger partial charge is 0.473 e. The molecule has 1 atom stereocenters. The molecule has 124 valence electrons. The van der Waals surface area contributed by atoms with Crippen molar-refractivity contribution >= 4 is 33.6 Å². The van der Waals surface area contributed by atoms with Crippen LogP contribution in [0.3, 0.4) is 0 Å². The Labute approximate surface area is 143 Å². The van der Waals surface area contributed by atoms with E-state index in [2.05, 4.69) is 21.2 Å². The molecule has 0 bridgehead atoms. The molecule has 2 heterocycles. The molecule has 1 aromatic rings. The molecule has 0 aliphatic carbocycles. The molecule has 1 fully saturated rings. The van der Waals surface area contributed by atoms with Gasteiger partial charge >= 0.3 is 6.09 Å². The van der Waals surface area contributed by atoms with Crippen molar-refractivity contribution in [1.29, 1.82) is 0 Å². The first kappa shape index (κ1) is 16.1. The Bertz CT molecular complexity index is 671. The Kier molecular flexibility index (Phi) is 3.78. The van der Waals surface area contributed by atoms with Gasteiger partial charge in [-0.05, 0) is 39.0 Å². The van der Waals surface area contributed by atoms with Crippen LogP contribution in [0.25, 0.3) is 0 Å². The number of benzene rings is 1. The minimum Gasteiger partial charge on any atom is -0.473 e. The van der Waals surface area contributed by atoms with E-state index in [1.54, 1.807) is 6.07 Å². The van der Waals surface area contributed by atoms with Crippen LogP contribution in [0.15, 0.2) is 22.7 Å². The number of carbonyl (C=O) groups is 2. The molecule has 0 aromatic heterocycles. The van der Waals surface area contributed by atoms with Crippen LogP contribution < -0.4 is 10.1 Å². The van der Waals surface area contributed by atoms with E-state index in [1.807, 2.05) is 32.9 Å². The average Bonchev–Trinajstić information content (AvgIpc) is 2.84. The summed E-state index contributed by atoms with van der Waals surface area (Å²) in [5.41, 5.74) is -0.982. The van der Waals surface area contributed by atoms with Crippen molar-refractivity contribution < 1.29 is 19.1 Å². The van der Waals surface area contributed by atoms with Gasteiger partial charge in [0.1, 0.15) is 11.4 Å². The predicted octanol–water partition coefficient (Wildman–Crippen LogP) is 3.16. The fraction of sp³-hybridized carbons (Fsp3) is 0.500. The number of nitrogens with zero attached hydrogens (tertiary/aromatic N) is 1. The number of hydrogen-bond donors (Lipinski definition) is 1. The number of carbonyl (C=O) groups excluding carboxylic acids is 2. The van der Waals surface area contributed by atoms with Gasteiger partial charge in [0.2, 0.25) is 5.60 Å². The molecule has 2 amide bonds. The minimum absolute atomic E-state index is 0.180. The van der Waals surface area contributed by atoms with Crippen molar-refractivity contribution in [1.82, 2.24) is 4.90 Å². The minimum atomic E-state index is -1.05. The quantitative estimate of drug-likeness (QED) is 0.748. The molecule has 1 saturated heterocycles. The number of nitrogens with one attached hydrogen (secondary N) is 1. The van der Waals surface area contributed by atoms with Gasteiger partial charge in [-0.25, -0.2) is 4.79 Å². The molecule has 0 saturated carbocycles. The van der Waals surface area contributed by atoms with Gasteiger partial charge in [-0.15, -0.1) is 0 Å². The molecule has 0 radical (unpaired) electrons. The van der Waals surface area contributed by atoms with E-state index in [-0.39, 0.29) is 12.5 Å². The summed E-state index contributed by atoms with van der Waals surface area (Å²) < 4.78 is 12.2. The summed E-state index contributed by atoms with van der Waals surface area (Å²) >= 11 is 3.39. The highest BCUT2D eigenvalue weighted by Crippen LogP contribution is 2.39. The van der Waals surface area contributed by atoms with Crippen molar-refractivity contribution in [2.45, 2.75) is 38.4 Å². The SMILES string of the molecule is CC(C)(C)OC(=O)N1CCC2(C1)Oc1cc(Br)ccc1NC2=O. The summed E-state index contributed by atoms with van der Waals surface area (Å²) in [4.78, 5) is 26.2. The Morgan fingerprint density at radius 3 is 2.87 bits per heavy atom. The molecule has 2 aliphatic heterocycles. The highest BCUT2D eigenvalue weighted by Gasteiger charge is 2.51. The lowest BCUT2D eigenvalue weighted by atomic mass is 9.99. The fourth-order valence-electron chi connectivity index (χ4n) is 2.71. The zero-order chi connectivity index (χ0) is 16.8. The maximum absolute atomic E-state index is 12.5. The third-order valence-corrected chi connectivity index (χ3v) is 4.29. The van der Waals surface area contributed by atoms with E-state index in [0.29, 0.717) is 24.4 Å². The van der Waals surface area contributed by atoms with Gasteiger partial charge < -0.3 is 19.7 Å². The van der Waals surface area contributed by atoms with Crippen LogP contribution in [0, 0.1) is 0 Å². The lowest BCUT2D eigenvalue weighted by Gasteiger charge is -2.34.